The first-order chi connectivity index (χ1) is 20.9. The monoisotopic (exact) mass is 763 g/mol. The van der Waals surface area contributed by atoms with Crippen LogP contribution in [0.2, 0.25) is 5.02 Å². The minimum Gasteiger partial charge on any atom is -0.744 e. The van der Waals surface area contributed by atoms with Gasteiger partial charge in [-0.05, 0) is 48.7 Å². The van der Waals surface area contributed by atoms with Gasteiger partial charge in [0, 0.05) is 21.8 Å². The molecule has 1 aromatic heterocycles. The van der Waals surface area contributed by atoms with E-state index < -0.39 is 79.0 Å². The molecule has 0 spiro atoms. The smallest absolute Gasteiger partial charge is 0.744 e. The van der Waals surface area contributed by atoms with Crippen LogP contribution in [0.15, 0.2) is 79.5 Å². The molecule has 0 saturated carbocycles. The fourth-order valence-electron chi connectivity index (χ4n) is 4.41. The zero-order valence-electron chi connectivity index (χ0n) is 25.1. The molecule has 4 aromatic carbocycles. The molecule has 1 heterocycles. The molecule has 0 fully saturated rings. The van der Waals surface area contributed by atoms with Gasteiger partial charge >= 0.3 is 94.8 Å². The Morgan fingerprint density at radius 1 is 0.792 bits per heavy atom. The van der Waals surface area contributed by atoms with Crippen molar-refractivity contribution in [3.05, 3.63) is 71.4 Å². The number of hydrogen-bond acceptors (Lipinski definition) is 15. The molecule has 234 valence electrons. The molecule has 15 nitrogen and oxygen atoms in total. The maximum Gasteiger partial charge on any atom is 1.00 e. The van der Waals surface area contributed by atoms with E-state index in [1.165, 1.54) is 25.1 Å². The molecule has 2 N–H and O–H groups in total. The number of phenols is 1. The number of azo groups is 1. The van der Waals surface area contributed by atoms with Gasteiger partial charge in [-0.3, -0.25) is 0 Å². The third kappa shape index (κ3) is 8.91. The number of nitrogens with zero attached hydrogens (tertiary/aromatic N) is 4. The molecule has 0 aliphatic heterocycles. The molecule has 0 amide bonds. The van der Waals surface area contributed by atoms with E-state index in [9.17, 15) is 48.4 Å². The van der Waals surface area contributed by atoms with Crippen LogP contribution in [0.4, 0.5) is 27.3 Å². The Kier molecular flexibility index (Phi) is 14.2. The topological polar surface area (TPSA) is 254 Å². The summed E-state index contributed by atoms with van der Waals surface area (Å²) in [6.45, 7) is 1.43. The normalized spacial score (nSPS) is 12.0. The van der Waals surface area contributed by atoms with Crippen LogP contribution in [0.1, 0.15) is 5.69 Å². The fraction of sp³-hybridized carbons (Fsp3) is 0.0400. The van der Waals surface area contributed by atoms with Crippen molar-refractivity contribution in [1.29, 1.82) is 0 Å². The van der Waals surface area contributed by atoms with Gasteiger partial charge in [0.25, 0.3) is 0 Å². The van der Waals surface area contributed by atoms with E-state index in [4.69, 9.17) is 11.6 Å². The third-order valence-corrected chi connectivity index (χ3v) is 9.43. The number of rotatable bonds is 7. The van der Waals surface area contributed by atoms with Crippen molar-refractivity contribution < 1.29 is 137 Å². The Morgan fingerprint density at radius 2 is 1.42 bits per heavy atom. The number of aromatic hydroxyl groups is 1. The number of phenolic OH excluding ortho intramolecular Hbond substituents is 1. The molecule has 0 atom stereocenters. The van der Waals surface area contributed by atoms with Gasteiger partial charge in [0.15, 0.2) is 11.6 Å². The van der Waals surface area contributed by atoms with E-state index >= 15 is 0 Å². The van der Waals surface area contributed by atoms with Crippen LogP contribution in [-0.2, 0) is 30.4 Å². The number of aromatic nitrogens is 2. The maximum absolute atomic E-state index is 13.7. The van der Waals surface area contributed by atoms with Crippen LogP contribution in [0.5, 0.6) is 5.75 Å². The second-order valence-electron chi connectivity index (χ2n) is 9.20. The Morgan fingerprint density at radius 3 is 2.02 bits per heavy atom. The van der Waals surface area contributed by atoms with Gasteiger partial charge in [0.05, 0.1) is 20.4 Å². The molecule has 0 unspecified atom stereocenters. The maximum atomic E-state index is 13.7. The predicted molar refractivity (Wildman–Crippen MR) is 153 cm³/mol. The molecule has 5 aromatic rings. The van der Waals surface area contributed by atoms with Gasteiger partial charge in [-0.25, -0.2) is 30.2 Å². The number of hydrogen-bond donors (Lipinski definition) is 2. The molecule has 0 bridgehead atoms. The second-order valence-corrected chi connectivity index (χ2v) is 13.6. The van der Waals surface area contributed by atoms with E-state index in [0.717, 1.165) is 36.4 Å². The zero-order valence-corrected chi connectivity index (χ0v) is 34.3. The van der Waals surface area contributed by atoms with Crippen molar-refractivity contribution in [2.45, 2.75) is 21.6 Å². The summed E-state index contributed by atoms with van der Waals surface area (Å²) in [5, 5.41) is 19.8. The summed E-state index contributed by atoms with van der Waals surface area (Å²) in [6.07, 6.45) is -1.08. The van der Waals surface area contributed by atoms with Crippen molar-refractivity contribution in [1.82, 2.24) is 9.97 Å². The molecule has 0 aliphatic carbocycles. The van der Waals surface area contributed by atoms with E-state index in [-0.39, 0.29) is 122 Å². The Hall–Kier alpha value is -1.37. The fourth-order valence-corrected chi connectivity index (χ4v) is 6.70. The summed E-state index contributed by atoms with van der Waals surface area (Å²) in [7, 11) is -15.9. The zero-order chi connectivity index (χ0) is 33.1. The van der Waals surface area contributed by atoms with Crippen LogP contribution in [-0.4, -0.2) is 54.0 Å². The molecule has 0 radical (unpaired) electrons. The van der Waals surface area contributed by atoms with Crippen LogP contribution in [0, 0.1) is 13.0 Å². The largest absolute Gasteiger partial charge is 1.00 e. The number of halogens is 2. The summed E-state index contributed by atoms with van der Waals surface area (Å²) in [5.74, 6) is -1.02. The first kappa shape index (κ1) is 42.8. The quantitative estimate of drug-likeness (QED) is 0.0687. The summed E-state index contributed by atoms with van der Waals surface area (Å²) < 4.78 is 122. The minimum absolute atomic E-state index is 0. The Bertz CT molecular complexity index is 2460. The molecule has 5 rings (SSSR count). The van der Waals surface area contributed by atoms with Crippen molar-refractivity contribution in [3.63, 3.8) is 0 Å². The first-order valence-corrected chi connectivity index (χ1v) is 16.6. The minimum atomic E-state index is -5.44. The average molecular weight is 764 g/mol. The number of anilines is 2. The summed E-state index contributed by atoms with van der Waals surface area (Å²) in [4.78, 5) is 4.01. The van der Waals surface area contributed by atoms with Gasteiger partial charge < -0.3 is 24.1 Å². The molecule has 48 heavy (non-hydrogen) atoms. The third-order valence-electron chi connectivity index (χ3n) is 6.30. The average Bonchev–Trinajstić information content (AvgIpc) is 2.92. The van der Waals surface area contributed by atoms with E-state index in [1.807, 2.05) is 0 Å². The second kappa shape index (κ2) is 15.9. The first-order valence-electron chi connectivity index (χ1n) is 12.0. The van der Waals surface area contributed by atoms with Crippen LogP contribution in [0.3, 0.4) is 0 Å². The molecular formula is C25H14ClFN5Na3O10S3. The van der Waals surface area contributed by atoms with Crippen molar-refractivity contribution in [2.24, 2.45) is 10.2 Å². The predicted octanol–water partition coefficient (Wildman–Crippen LogP) is -4.53. The summed E-state index contributed by atoms with van der Waals surface area (Å²) in [5.41, 5.74) is -1.35. The number of benzene rings is 4. The molecule has 0 saturated heterocycles. The number of nitrogens with one attached hydrogen (secondary N) is 1. The van der Waals surface area contributed by atoms with Crippen molar-refractivity contribution in [3.8, 4) is 5.75 Å². The van der Waals surface area contributed by atoms with E-state index in [2.05, 4.69) is 25.5 Å². The van der Waals surface area contributed by atoms with Gasteiger partial charge in [0.2, 0.25) is 0 Å². The molecular weight excluding hydrogens is 750 g/mol. The van der Waals surface area contributed by atoms with Crippen molar-refractivity contribution >= 4 is 86.4 Å². The van der Waals surface area contributed by atoms with Crippen LogP contribution < -0.4 is 94.0 Å². The van der Waals surface area contributed by atoms with Gasteiger partial charge in [-0.1, -0.05) is 29.8 Å². The van der Waals surface area contributed by atoms with Gasteiger partial charge in [-0.2, -0.15) is 9.37 Å². The van der Waals surface area contributed by atoms with Crippen molar-refractivity contribution in [2.75, 3.05) is 5.32 Å². The van der Waals surface area contributed by atoms with Crippen LogP contribution in [0.25, 0.3) is 21.5 Å². The SMILES string of the molecule is Cc1nc(F)nc(Nc2ccc3c(O)c(N=Nc4ccc5c(S(=O)(=O)[O-])cccc5c4S(=O)(=O)[O-])c(S(=O)(=O)[O-])cc3c2)c1Cl.[Na+].[Na+].[Na+]. The molecule has 0 aliphatic rings. The Labute approximate surface area is 343 Å². The summed E-state index contributed by atoms with van der Waals surface area (Å²) >= 11 is 6.11. The number of aryl methyl sites for hydroxylation is 1. The van der Waals surface area contributed by atoms with Crippen LogP contribution >= 0.6 is 11.6 Å². The summed E-state index contributed by atoms with van der Waals surface area (Å²) in [6, 6.07) is 9.46. The van der Waals surface area contributed by atoms with E-state index in [0.29, 0.717) is 0 Å². The molecule has 23 heteroatoms. The van der Waals surface area contributed by atoms with Gasteiger partial charge in [-0.15, -0.1) is 10.2 Å². The van der Waals surface area contributed by atoms with E-state index in [1.54, 1.807) is 0 Å². The van der Waals surface area contributed by atoms with Gasteiger partial charge in [0.1, 0.15) is 46.8 Å². The number of fused-ring (bicyclic) bond motifs is 2. The standard InChI is InChI=1S/C25H17ClFN5O10S3.3Na/c1-11-20(26)24(30-25(27)28-11)29-13-5-6-14-12(9-13)10-19(44(37,38)39)21(22(14)33)32-31-17-8-7-15-16(23(17)45(40,41)42)3-2-4-18(15)43(34,35)36;;;/h2-10,33H,1H3,(H,28,29,30)(H,34,35,36)(H,37,38,39)(H,40,41,42);;;/q;3*+1/p-3. The Balaban J connectivity index is 0.00000267.